The summed E-state index contributed by atoms with van der Waals surface area (Å²) < 4.78 is 4.56. The van der Waals surface area contributed by atoms with Crippen LogP contribution in [-0.2, 0) is 4.74 Å². The summed E-state index contributed by atoms with van der Waals surface area (Å²) in [5.41, 5.74) is 7.46. The number of nitrogens with zero attached hydrogens (tertiary/aromatic N) is 1. The van der Waals surface area contributed by atoms with Crippen molar-refractivity contribution in [3.63, 3.8) is 0 Å². The van der Waals surface area contributed by atoms with E-state index >= 15 is 0 Å². The number of pyridine rings is 1. The highest BCUT2D eigenvalue weighted by Crippen LogP contribution is 2.19. The number of nitrogens with two attached hydrogens (primary N) is 1. The van der Waals surface area contributed by atoms with Crippen LogP contribution in [0.25, 0.3) is 0 Å². The maximum Gasteiger partial charge on any atom is 0.339 e. The SMILES string of the molecule is COC(=O)c1cnc(C(C)C)c(N)c1. The van der Waals surface area contributed by atoms with Crippen LogP contribution in [0.1, 0.15) is 35.8 Å². The van der Waals surface area contributed by atoms with E-state index in [1.165, 1.54) is 13.3 Å². The first kappa shape index (κ1) is 10.5. The Morgan fingerprint density at radius 1 is 1.57 bits per heavy atom. The number of nitrogen functional groups attached to an aromatic ring is 1. The molecule has 0 radical (unpaired) electrons. The fourth-order valence-electron chi connectivity index (χ4n) is 1.20. The van der Waals surface area contributed by atoms with E-state index in [1.54, 1.807) is 6.07 Å². The van der Waals surface area contributed by atoms with Gasteiger partial charge in [0.2, 0.25) is 0 Å². The fraction of sp³-hybridized carbons (Fsp3) is 0.400. The first-order chi connectivity index (χ1) is 6.56. The van der Waals surface area contributed by atoms with E-state index in [4.69, 9.17) is 5.73 Å². The molecule has 76 valence electrons. The third-order valence-electron chi connectivity index (χ3n) is 1.92. The summed E-state index contributed by atoms with van der Waals surface area (Å²) in [5, 5.41) is 0. The zero-order valence-electron chi connectivity index (χ0n) is 8.57. The topological polar surface area (TPSA) is 65.2 Å². The van der Waals surface area contributed by atoms with Crippen molar-refractivity contribution in [2.75, 3.05) is 12.8 Å². The highest BCUT2D eigenvalue weighted by Gasteiger charge is 2.10. The summed E-state index contributed by atoms with van der Waals surface area (Å²) >= 11 is 0. The van der Waals surface area contributed by atoms with E-state index < -0.39 is 5.97 Å². The number of carbonyl (C=O) groups excluding carboxylic acids is 1. The van der Waals surface area contributed by atoms with Crippen LogP contribution >= 0.6 is 0 Å². The first-order valence-corrected chi connectivity index (χ1v) is 4.40. The maximum absolute atomic E-state index is 11.1. The summed E-state index contributed by atoms with van der Waals surface area (Å²) in [6.07, 6.45) is 1.48. The molecule has 4 nitrogen and oxygen atoms in total. The number of hydrogen-bond acceptors (Lipinski definition) is 4. The van der Waals surface area contributed by atoms with Crippen molar-refractivity contribution in [2.45, 2.75) is 19.8 Å². The van der Waals surface area contributed by atoms with Crippen LogP contribution in [0.5, 0.6) is 0 Å². The summed E-state index contributed by atoms with van der Waals surface area (Å²) in [4.78, 5) is 15.2. The largest absolute Gasteiger partial charge is 0.465 e. The van der Waals surface area contributed by atoms with Crippen molar-refractivity contribution in [1.82, 2.24) is 4.98 Å². The van der Waals surface area contributed by atoms with Gasteiger partial charge in [-0.05, 0) is 12.0 Å². The lowest BCUT2D eigenvalue weighted by Crippen LogP contribution is -2.06. The molecule has 0 aromatic carbocycles. The minimum atomic E-state index is -0.417. The van der Waals surface area contributed by atoms with E-state index in [0.29, 0.717) is 11.3 Å². The summed E-state index contributed by atoms with van der Waals surface area (Å²) in [7, 11) is 1.33. The van der Waals surface area contributed by atoms with Crippen LogP contribution in [0.15, 0.2) is 12.3 Å². The molecule has 0 fully saturated rings. The Morgan fingerprint density at radius 3 is 2.64 bits per heavy atom. The molecule has 0 bridgehead atoms. The second-order valence-electron chi connectivity index (χ2n) is 3.34. The molecule has 0 unspecified atom stereocenters. The predicted molar refractivity (Wildman–Crippen MR) is 54.1 cm³/mol. The number of ether oxygens (including phenoxy) is 1. The minimum absolute atomic E-state index is 0.252. The van der Waals surface area contributed by atoms with Gasteiger partial charge in [-0.2, -0.15) is 0 Å². The van der Waals surface area contributed by atoms with Gasteiger partial charge in [-0.1, -0.05) is 13.8 Å². The van der Waals surface area contributed by atoms with E-state index in [-0.39, 0.29) is 5.92 Å². The number of aromatic nitrogens is 1. The van der Waals surface area contributed by atoms with Gasteiger partial charge < -0.3 is 10.5 Å². The molecule has 1 aromatic rings. The quantitative estimate of drug-likeness (QED) is 0.726. The highest BCUT2D eigenvalue weighted by molar-refractivity contribution is 5.90. The van der Waals surface area contributed by atoms with E-state index in [1.807, 2.05) is 13.8 Å². The number of hydrogen-bond donors (Lipinski definition) is 1. The van der Waals surface area contributed by atoms with Gasteiger partial charge in [0.05, 0.1) is 24.1 Å². The maximum atomic E-state index is 11.1. The lowest BCUT2D eigenvalue weighted by molar-refractivity contribution is 0.0600. The van der Waals surface area contributed by atoms with Crippen molar-refractivity contribution in [2.24, 2.45) is 0 Å². The molecule has 0 spiro atoms. The Morgan fingerprint density at radius 2 is 2.21 bits per heavy atom. The van der Waals surface area contributed by atoms with Gasteiger partial charge >= 0.3 is 5.97 Å². The molecule has 14 heavy (non-hydrogen) atoms. The van der Waals surface area contributed by atoms with Crippen molar-refractivity contribution >= 4 is 11.7 Å². The monoisotopic (exact) mass is 194 g/mol. The Hall–Kier alpha value is -1.58. The number of anilines is 1. The lowest BCUT2D eigenvalue weighted by atomic mass is 10.1. The molecule has 0 saturated heterocycles. The van der Waals surface area contributed by atoms with Crippen LogP contribution in [0.4, 0.5) is 5.69 Å². The molecule has 0 atom stereocenters. The Balaban J connectivity index is 3.06. The van der Waals surface area contributed by atoms with Gasteiger partial charge in [0.1, 0.15) is 0 Å². The Labute approximate surface area is 83.1 Å². The second kappa shape index (κ2) is 4.09. The van der Waals surface area contributed by atoms with Crippen molar-refractivity contribution in [1.29, 1.82) is 0 Å². The predicted octanol–water partition coefficient (Wildman–Crippen LogP) is 1.57. The van der Waals surface area contributed by atoms with Gasteiger partial charge in [0, 0.05) is 6.20 Å². The standard InChI is InChI=1S/C10H14N2O2/c1-6(2)9-8(11)4-7(5-12-9)10(13)14-3/h4-6H,11H2,1-3H3. The van der Waals surface area contributed by atoms with Gasteiger partial charge in [0.25, 0.3) is 0 Å². The van der Waals surface area contributed by atoms with Crippen molar-refractivity contribution < 1.29 is 9.53 Å². The number of esters is 1. The summed E-state index contributed by atoms with van der Waals surface area (Å²) in [6.45, 7) is 3.99. The Bertz CT molecular complexity index is 348. The van der Waals surface area contributed by atoms with Gasteiger partial charge in [-0.25, -0.2) is 4.79 Å². The molecular weight excluding hydrogens is 180 g/mol. The van der Waals surface area contributed by atoms with Gasteiger partial charge in [-0.3, -0.25) is 4.98 Å². The van der Waals surface area contributed by atoms with Gasteiger partial charge in [0.15, 0.2) is 0 Å². The number of rotatable bonds is 2. The molecule has 1 rings (SSSR count). The average molecular weight is 194 g/mol. The molecule has 0 saturated carbocycles. The molecule has 2 N–H and O–H groups in total. The molecule has 0 aliphatic heterocycles. The lowest BCUT2D eigenvalue weighted by Gasteiger charge is -2.08. The molecule has 0 amide bonds. The van der Waals surface area contributed by atoms with E-state index in [0.717, 1.165) is 5.69 Å². The molecule has 1 aromatic heterocycles. The molecule has 0 aliphatic rings. The molecular formula is C10H14N2O2. The second-order valence-corrected chi connectivity index (χ2v) is 3.34. The van der Waals surface area contributed by atoms with Crippen LogP contribution < -0.4 is 5.73 Å². The zero-order valence-corrected chi connectivity index (χ0v) is 8.57. The fourth-order valence-corrected chi connectivity index (χ4v) is 1.20. The smallest absolute Gasteiger partial charge is 0.339 e. The molecule has 4 heteroatoms. The van der Waals surface area contributed by atoms with Crippen LogP contribution in [-0.4, -0.2) is 18.1 Å². The third-order valence-corrected chi connectivity index (χ3v) is 1.92. The first-order valence-electron chi connectivity index (χ1n) is 4.40. The average Bonchev–Trinajstić information content (AvgIpc) is 2.15. The van der Waals surface area contributed by atoms with E-state index in [2.05, 4.69) is 9.72 Å². The van der Waals surface area contributed by atoms with Gasteiger partial charge in [-0.15, -0.1) is 0 Å². The summed E-state index contributed by atoms with van der Waals surface area (Å²) in [5.74, 6) is -0.166. The van der Waals surface area contributed by atoms with Crippen molar-refractivity contribution in [3.8, 4) is 0 Å². The zero-order chi connectivity index (χ0) is 10.7. The van der Waals surface area contributed by atoms with E-state index in [9.17, 15) is 4.79 Å². The van der Waals surface area contributed by atoms with Crippen molar-refractivity contribution in [3.05, 3.63) is 23.5 Å². The minimum Gasteiger partial charge on any atom is -0.465 e. The number of methoxy groups -OCH3 is 1. The molecule has 0 aliphatic carbocycles. The third kappa shape index (κ3) is 2.02. The van der Waals surface area contributed by atoms with Crippen LogP contribution in [0.2, 0.25) is 0 Å². The van der Waals surface area contributed by atoms with Crippen LogP contribution in [0.3, 0.4) is 0 Å². The van der Waals surface area contributed by atoms with Crippen LogP contribution in [0, 0.1) is 0 Å². The molecule has 1 heterocycles. The normalized spacial score (nSPS) is 10.3. The number of carbonyl (C=O) groups is 1. The summed E-state index contributed by atoms with van der Waals surface area (Å²) in [6, 6.07) is 1.59. The Kier molecular flexibility index (Phi) is 3.06. The highest BCUT2D eigenvalue weighted by atomic mass is 16.5.